The number of methoxy groups -OCH3 is 1. The van der Waals surface area contributed by atoms with Gasteiger partial charge >= 0.3 is 0 Å². The smallest absolute Gasteiger partial charge is 0.300 e. The average molecular weight is 470 g/mol. The summed E-state index contributed by atoms with van der Waals surface area (Å²) in [5.74, 6) is -4.09. The zero-order valence-corrected chi connectivity index (χ0v) is 19.2. The van der Waals surface area contributed by atoms with Crippen molar-refractivity contribution in [1.82, 2.24) is 0 Å². The van der Waals surface area contributed by atoms with Gasteiger partial charge in [0.1, 0.15) is 17.6 Å². The molecule has 1 atom stereocenters. The monoisotopic (exact) mass is 469 g/mol. The van der Waals surface area contributed by atoms with Crippen molar-refractivity contribution in [1.29, 1.82) is 0 Å². The van der Waals surface area contributed by atoms with Crippen molar-refractivity contribution in [2.24, 2.45) is 0 Å². The van der Waals surface area contributed by atoms with Crippen LogP contribution in [0.15, 0.2) is 47.4 Å². The number of halogens is 2. The molecule has 33 heavy (non-hydrogen) atoms. The Bertz CT molecular complexity index is 1330. The van der Waals surface area contributed by atoms with E-state index >= 15 is 0 Å². The first-order chi connectivity index (χ1) is 15.6. The van der Waals surface area contributed by atoms with Crippen molar-refractivity contribution in [3.8, 4) is 5.75 Å². The van der Waals surface area contributed by atoms with E-state index in [4.69, 9.17) is 4.74 Å². The Labute approximate surface area is 193 Å². The Morgan fingerprint density at radius 2 is 1.76 bits per heavy atom. The van der Waals surface area contributed by atoms with Gasteiger partial charge in [-0.05, 0) is 67.1 Å². The fourth-order valence-electron chi connectivity index (χ4n) is 4.19. The minimum Gasteiger partial charge on any atom is -0.507 e. The third-order valence-corrected chi connectivity index (χ3v) is 6.73. The lowest BCUT2D eigenvalue weighted by atomic mass is 9.95. The predicted molar refractivity (Wildman–Crippen MR) is 123 cm³/mol. The standard InChI is InChI=1S/C25H21F2NO4S/c1-12-9-14(3)23(32-4)16(10-12)21(29)19-20(24-13(2)7-8-33-24)28(25(31)22(19)30)15-5-6-17(26)18(27)11-15/h5-11,20,29H,1-4H3/b21-19+. The first kappa shape index (κ1) is 22.7. The summed E-state index contributed by atoms with van der Waals surface area (Å²) in [4.78, 5) is 28.1. The summed E-state index contributed by atoms with van der Waals surface area (Å²) in [6.07, 6.45) is 0. The number of aryl methyl sites for hydroxylation is 3. The summed E-state index contributed by atoms with van der Waals surface area (Å²) in [5.41, 5.74) is 2.51. The van der Waals surface area contributed by atoms with Gasteiger partial charge < -0.3 is 9.84 Å². The van der Waals surface area contributed by atoms with Crippen molar-refractivity contribution in [3.05, 3.63) is 86.1 Å². The van der Waals surface area contributed by atoms with E-state index in [1.165, 1.54) is 24.5 Å². The number of nitrogens with zero attached hydrogens (tertiary/aromatic N) is 1. The summed E-state index contributed by atoms with van der Waals surface area (Å²) in [6, 6.07) is 7.35. The van der Waals surface area contributed by atoms with Crippen molar-refractivity contribution in [2.75, 3.05) is 12.0 Å². The number of thiophene rings is 1. The number of carbonyl (C=O) groups is 2. The Morgan fingerprint density at radius 1 is 1.03 bits per heavy atom. The van der Waals surface area contributed by atoms with Crippen LogP contribution in [0.5, 0.6) is 5.75 Å². The first-order valence-corrected chi connectivity index (χ1v) is 11.0. The number of ether oxygens (including phenoxy) is 1. The Morgan fingerprint density at radius 3 is 2.36 bits per heavy atom. The van der Waals surface area contributed by atoms with Crippen LogP contribution in [-0.4, -0.2) is 23.9 Å². The molecule has 1 aliphatic heterocycles. The van der Waals surface area contributed by atoms with Gasteiger partial charge in [0.25, 0.3) is 11.7 Å². The number of anilines is 1. The van der Waals surface area contributed by atoms with Crippen LogP contribution in [0.4, 0.5) is 14.5 Å². The highest BCUT2D eigenvalue weighted by Gasteiger charge is 2.48. The van der Waals surface area contributed by atoms with E-state index in [1.54, 1.807) is 11.4 Å². The van der Waals surface area contributed by atoms with Crippen LogP contribution >= 0.6 is 11.3 Å². The van der Waals surface area contributed by atoms with E-state index in [2.05, 4.69) is 0 Å². The molecule has 3 aromatic rings. The molecule has 1 N–H and O–H groups in total. The molecule has 1 aromatic heterocycles. The number of amides is 1. The minimum absolute atomic E-state index is 0.0141. The summed E-state index contributed by atoms with van der Waals surface area (Å²) in [5, 5.41) is 13.2. The highest BCUT2D eigenvalue weighted by Crippen LogP contribution is 2.46. The number of carbonyl (C=O) groups excluding carboxylic acids is 2. The average Bonchev–Trinajstić information content (AvgIpc) is 3.29. The van der Waals surface area contributed by atoms with E-state index in [-0.39, 0.29) is 22.6 Å². The van der Waals surface area contributed by atoms with Gasteiger partial charge in [0, 0.05) is 16.6 Å². The second-order valence-corrected chi connectivity index (χ2v) is 8.85. The summed E-state index contributed by atoms with van der Waals surface area (Å²) in [6.45, 7) is 5.46. The lowest BCUT2D eigenvalue weighted by molar-refractivity contribution is -0.132. The van der Waals surface area contributed by atoms with E-state index in [9.17, 15) is 23.5 Å². The van der Waals surface area contributed by atoms with Gasteiger partial charge in [-0.25, -0.2) is 8.78 Å². The van der Waals surface area contributed by atoms with Gasteiger partial charge in [0.15, 0.2) is 11.6 Å². The van der Waals surface area contributed by atoms with E-state index < -0.39 is 29.4 Å². The van der Waals surface area contributed by atoms with E-state index in [0.717, 1.165) is 33.7 Å². The molecule has 5 nitrogen and oxygen atoms in total. The molecule has 2 heterocycles. The maximum atomic E-state index is 14.0. The van der Waals surface area contributed by atoms with Gasteiger partial charge in [-0.3, -0.25) is 14.5 Å². The molecular weight excluding hydrogens is 448 g/mol. The number of hydrogen-bond acceptors (Lipinski definition) is 5. The fraction of sp³-hybridized carbons (Fsp3) is 0.200. The largest absolute Gasteiger partial charge is 0.507 e. The quantitative estimate of drug-likeness (QED) is 0.308. The number of Topliss-reactive ketones (excluding diaryl/α,β-unsaturated/α-hetero) is 1. The summed E-state index contributed by atoms with van der Waals surface area (Å²) < 4.78 is 33.1. The highest BCUT2D eigenvalue weighted by molar-refractivity contribution is 7.10. The molecular formula is C25H21F2NO4S. The summed E-state index contributed by atoms with van der Waals surface area (Å²) >= 11 is 1.30. The van der Waals surface area contributed by atoms with Crippen LogP contribution in [0.25, 0.3) is 5.76 Å². The molecule has 0 bridgehead atoms. The molecule has 1 saturated heterocycles. The van der Waals surface area contributed by atoms with Crippen LogP contribution in [-0.2, 0) is 9.59 Å². The molecule has 1 aliphatic rings. The Balaban J connectivity index is 2.02. The first-order valence-electron chi connectivity index (χ1n) is 10.1. The maximum absolute atomic E-state index is 14.0. The third kappa shape index (κ3) is 3.70. The van der Waals surface area contributed by atoms with Crippen molar-refractivity contribution in [2.45, 2.75) is 26.8 Å². The number of hydrogen-bond donors (Lipinski definition) is 1. The molecule has 0 aliphatic carbocycles. The third-order valence-electron chi connectivity index (χ3n) is 5.65. The predicted octanol–water partition coefficient (Wildman–Crippen LogP) is 5.59. The normalized spacial score (nSPS) is 17.6. The van der Waals surface area contributed by atoms with Crippen LogP contribution in [0, 0.1) is 32.4 Å². The molecule has 8 heteroatoms. The van der Waals surface area contributed by atoms with Crippen LogP contribution in [0.3, 0.4) is 0 Å². The number of benzene rings is 2. The van der Waals surface area contributed by atoms with Gasteiger partial charge in [-0.2, -0.15) is 0 Å². The highest BCUT2D eigenvalue weighted by atomic mass is 32.1. The zero-order valence-electron chi connectivity index (χ0n) is 18.4. The van der Waals surface area contributed by atoms with Crippen LogP contribution in [0.2, 0.25) is 0 Å². The van der Waals surface area contributed by atoms with Gasteiger partial charge in [0.05, 0.1) is 18.2 Å². The Hall–Kier alpha value is -3.52. The van der Waals surface area contributed by atoms with Crippen molar-refractivity contribution >= 4 is 34.5 Å². The molecule has 1 fully saturated rings. The lowest BCUT2D eigenvalue weighted by Crippen LogP contribution is -2.29. The van der Waals surface area contributed by atoms with Crippen LogP contribution < -0.4 is 9.64 Å². The molecule has 0 spiro atoms. The van der Waals surface area contributed by atoms with Crippen molar-refractivity contribution < 1.29 is 28.2 Å². The molecule has 0 saturated carbocycles. The molecule has 0 radical (unpaired) electrons. The maximum Gasteiger partial charge on any atom is 0.300 e. The SMILES string of the molecule is COc1c(C)cc(C)cc1/C(O)=C1\C(=O)C(=O)N(c2ccc(F)c(F)c2)C1c1sccc1C. The second-order valence-electron chi connectivity index (χ2n) is 7.90. The molecule has 2 aromatic carbocycles. The van der Waals surface area contributed by atoms with Gasteiger partial charge in [-0.15, -0.1) is 11.3 Å². The minimum atomic E-state index is -1.15. The number of rotatable bonds is 4. The summed E-state index contributed by atoms with van der Waals surface area (Å²) in [7, 11) is 1.45. The lowest BCUT2D eigenvalue weighted by Gasteiger charge is -2.25. The topological polar surface area (TPSA) is 66.8 Å². The van der Waals surface area contributed by atoms with E-state index in [1.807, 2.05) is 32.9 Å². The van der Waals surface area contributed by atoms with Gasteiger partial charge in [0.2, 0.25) is 0 Å². The molecule has 1 amide bonds. The number of ketones is 1. The molecule has 170 valence electrons. The zero-order chi connectivity index (χ0) is 24.0. The molecule has 4 rings (SSSR count). The molecule has 1 unspecified atom stereocenters. The number of aliphatic hydroxyl groups excluding tert-OH is 1. The van der Waals surface area contributed by atoms with Crippen LogP contribution in [0.1, 0.15) is 33.2 Å². The van der Waals surface area contributed by atoms with Gasteiger partial charge in [-0.1, -0.05) is 6.07 Å². The Kier molecular flexibility index (Phi) is 5.80. The fourth-order valence-corrected chi connectivity index (χ4v) is 5.22. The van der Waals surface area contributed by atoms with E-state index in [0.29, 0.717) is 10.6 Å². The second kappa shape index (κ2) is 8.44. The number of aliphatic hydroxyl groups is 1. The van der Waals surface area contributed by atoms with Crippen molar-refractivity contribution in [3.63, 3.8) is 0 Å².